The molecule has 1 aliphatic carbocycles. The molecule has 1 fully saturated rings. The second-order valence-corrected chi connectivity index (χ2v) is 8.27. The largest absolute Gasteiger partial charge is 0.370 e. The normalized spacial score (nSPS) is 17.6. The van der Waals surface area contributed by atoms with E-state index in [0.29, 0.717) is 12.1 Å². The van der Waals surface area contributed by atoms with E-state index in [1.54, 1.807) is 6.92 Å². The molecule has 0 radical (unpaired) electrons. The van der Waals surface area contributed by atoms with Crippen molar-refractivity contribution < 1.29 is 4.79 Å². The van der Waals surface area contributed by atoms with E-state index in [1.165, 1.54) is 16.6 Å². The molecule has 0 saturated heterocycles. The Morgan fingerprint density at radius 3 is 2.28 bits per heavy atom. The van der Waals surface area contributed by atoms with Crippen LogP contribution in [0, 0.1) is 0 Å². The van der Waals surface area contributed by atoms with Crippen LogP contribution in [0.1, 0.15) is 38.2 Å². The lowest BCUT2D eigenvalue weighted by molar-refractivity contribution is -0.119. The minimum atomic E-state index is 0. The molecule has 0 unspecified atom stereocenters. The van der Waals surface area contributed by atoms with Crippen LogP contribution >= 0.6 is 24.8 Å². The second-order valence-electron chi connectivity index (χ2n) is 8.27. The lowest BCUT2D eigenvalue weighted by atomic mass is 9.91. The molecule has 32 heavy (non-hydrogen) atoms. The lowest BCUT2D eigenvalue weighted by Crippen LogP contribution is -2.39. The van der Waals surface area contributed by atoms with Crippen LogP contribution in [0.4, 0.5) is 11.5 Å². The quantitative estimate of drug-likeness (QED) is 0.489. The van der Waals surface area contributed by atoms with E-state index in [1.807, 2.05) is 12.1 Å². The third-order valence-electron chi connectivity index (χ3n) is 5.89. The van der Waals surface area contributed by atoms with Gasteiger partial charge in [0.05, 0.1) is 5.52 Å². The molecular formula is C25H32Cl2N4O. The summed E-state index contributed by atoms with van der Waals surface area (Å²) in [5.74, 6) is 1.00. The van der Waals surface area contributed by atoms with Gasteiger partial charge in [0.15, 0.2) is 0 Å². The summed E-state index contributed by atoms with van der Waals surface area (Å²) in [7, 11) is 2.13. The van der Waals surface area contributed by atoms with Crippen molar-refractivity contribution in [3.05, 3.63) is 66.2 Å². The average Bonchev–Trinajstić information content (AvgIpc) is 2.75. The number of nitrogens with zero attached hydrogens (tertiary/aromatic N) is 2. The van der Waals surface area contributed by atoms with Crippen molar-refractivity contribution in [2.75, 3.05) is 17.3 Å². The summed E-state index contributed by atoms with van der Waals surface area (Å²) >= 11 is 0. The zero-order valence-electron chi connectivity index (χ0n) is 18.6. The number of rotatable bonds is 6. The van der Waals surface area contributed by atoms with E-state index in [-0.39, 0.29) is 30.7 Å². The minimum absolute atomic E-state index is 0. The number of pyridine rings is 1. The number of carbonyl (C=O) groups excluding carboxylic acids is 1. The van der Waals surface area contributed by atoms with Crippen LogP contribution < -0.4 is 15.5 Å². The van der Waals surface area contributed by atoms with Gasteiger partial charge in [-0.15, -0.1) is 24.8 Å². The van der Waals surface area contributed by atoms with Crippen molar-refractivity contribution in [1.82, 2.24) is 10.3 Å². The fourth-order valence-electron chi connectivity index (χ4n) is 4.36. The molecule has 1 heterocycles. The van der Waals surface area contributed by atoms with Crippen LogP contribution in [0.2, 0.25) is 0 Å². The molecule has 0 spiro atoms. The third-order valence-corrected chi connectivity index (χ3v) is 5.89. The molecule has 0 aliphatic heterocycles. The number of halogens is 2. The van der Waals surface area contributed by atoms with Crippen molar-refractivity contribution in [2.45, 2.75) is 51.2 Å². The van der Waals surface area contributed by atoms with Gasteiger partial charge in [-0.2, -0.15) is 0 Å². The van der Waals surface area contributed by atoms with Gasteiger partial charge >= 0.3 is 0 Å². The summed E-state index contributed by atoms with van der Waals surface area (Å²) < 4.78 is 0. The molecule has 1 aromatic heterocycles. The summed E-state index contributed by atoms with van der Waals surface area (Å²) in [6, 6.07) is 21.7. The Morgan fingerprint density at radius 2 is 1.59 bits per heavy atom. The van der Waals surface area contributed by atoms with Gasteiger partial charge in [0.2, 0.25) is 5.91 Å². The predicted molar refractivity (Wildman–Crippen MR) is 138 cm³/mol. The Bertz CT molecular complexity index is 1010. The van der Waals surface area contributed by atoms with Crippen LogP contribution in [0.5, 0.6) is 0 Å². The molecule has 1 aliphatic rings. The van der Waals surface area contributed by atoms with E-state index in [4.69, 9.17) is 4.98 Å². The first-order chi connectivity index (χ1) is 14.6. The Morgan fingerprint density at radius 1 is 0.969 bits per heavy atom. The maximum absolute atomic E-state index is 11.3. The van der Waals surface area contributed by atoms with Crippen LogP contribution in [-0.2, 0) is 11.3 Å². The number of hydrogen-bond acceptors (Lipinski definition) is 4. The van der Waals surface area contributed by atoms with E-state index >= 15 is 0 Å². The molecule has 1 saturated carbocycles. The molecule has 7 heteroatoms. The fraction of sp³-hybridized carbons (Fsp3) is 0.360. The SMILES string of the molecule is CC(=O)N[C@H]1CC[C@@H](Nc2cc(CN(C)c3ccccc3)c3ccccc3n2)CC1.Cl.Cl. The standard InChI is InChI=1S/C25H30N4O.2ClH/c1-18(30)26-20-12-14-21(15-13-20)27-25-16-19(23-10-6-7-11-24(23)28-25)17-29(2)22-8-4-3-5-9-22;;/h3-11,16,20-21H,12-15,17H2,1-2H3,(H,26,30)(H,27,28);2*1H/t20-,21+;;. The number of hydrogen-bond donors (Lipinski definition) is 2. The van der Waals surface area contributed by atoms with E-state index in [9.17, 15) is 4.79 Å². The first-order valence-corrected chi connectivity index (χ1v) is 10.8. The summed E-state index contributed by atoms with van der Waals surface area (Å²) in [6.07, 6.45) is 4.10. The second kappa shape index (κ2) is 11.9. The first-order valence-electron chi connectivity index (χ1n) is 10.8. The van der Waals surface area contributed by atoms with Crippen molar-refractivity contribution in [3.8, 4) is 0 Å². The van der Waals surface area contributed by atoms with Gasteiger partial charge in [-0.1, -0.05) is 36.4 Å². The molecule has 172 valence electrons. The summed E-state index contributed by atoms with van der Waals surface area (Å²) in [5, 5.41) is 7.90. The molecule has 2 N–H and O–H groups in total. The van der Waals surface area contributed by atoms with Crippen molar-refractivity contribution in [1.29, 1.82) is 0 Å². The van der Waals surface area contributed by atoms with Crippen molar-refractivity contribution in [2.24, 2.45) is 0 Å². The highest BCUT2D eigenvalue weighted by Gasteiger charge is 2.22. The highest BCUT2D eigenvalue weighted by molar-refractivity contribution is 5.86. The molecular weight excluding hydrogens is 443 g/mol. The van der Waals surface area contributed by atoms with Crippen molar-refractivity contribution >= 4 is 53.1 Å². The fourth-order valence-corrected chi connectivity index (χ4v) is 4.36. The lowest BCUT2D eigenvalue weighted by Gasteiger charge is -2.30. The number of aromatic nitrogens is 1. The highest BCUT2D eigenvalue weighted by atomic mass is 35.5. The summed E-state index contributed by atoms with van der Waals surface area (Å²) in [4.78, 5) is 18.4. The predicted octanol–water partition coefficient (Wildman–Crippen LogP) is 5.57. The number of amides is 1. The van der Waals surface area contributed by atoms with Gasteiger partial charge in [0.1, 0.15) is 5.82 Å². The van der Waals surface area contributed by atoms with Crippen LogP contribution in [0.3, 0.4) is 0 Å². The molecule has 0 atom stereocenters. The molecule has 2 aromatic carbocycles. The third kappa shape index (κ3) is 6.50. The highest BCUT2D eigenvalue weighted by Crippen LogP contribution is 2.27. The van der Waals surface area contributed by atoms with Gasteiger partial charge < -0.3 is 15.5 Å². The number of fused-ring (bicyclic) bond motifs is 1. The molecule has 1 amide bonds. The minimum Gasteiger partial charge on any atom is -0.370 e. The molecule has 4 rings (SSSR count). The van der Waals surface area contributed by atoms with E-state index < -0.39 is 0 Å². The van der Waals surface area contributed by atoms with E-state index in [0.717, 1.165) is 43.6 Å². The number of carbonyl (C=O) groups is 1. The van der Waals surface area contributed by atoms with Gasteiger partial charge in [-0.25, -0.2) is 4.98 Å². The van der Waals surface area contributed by atoms with Crippen LogP contribution in [0.15, 0.2) is 60.7 Å². The Kier molecular flexibility index (Phi) is 9.60. The molecule has 5 nitrogen and oxygen atoms in total. The molecule has 3 aromatic rings. The summed E-state index contributed by atoms with van der Waals surface area (Å²) in [6.45, 7) is 2.41. The first kappa shape index (κ1) is 25.8. The number of benzene rings is 2. The number of anilines is 2. The van der Waals surface area contributed by atoms with Crippen LogP contribution in [0.25, 0.3) is 10.9 Å². The number of para-hydroxylation sites is 2. The maximum Gasteiger partial charge on any atom is 0.217 e. The average molecular weight is 475 g/mol. The Labute approximate surface area is 202 Å². The van der Waals surface area contributed by atoms with Crippen LogP contribution in [-0.4, -0.2) is 30.0 Å². The summed E-state index contributed by atoms with van der Waals surface area (Å²) in [5.41, 5.74) is 3.48. The Balaban J connectivity index is 0.00000181. The van der Waals surface area contributed by atoms with Gasteiger partial charge in [0.25, 0.3) is 0 Å². The van der Waals surface area contributed by atoms with Gasteiger partial charge in [-0.05, 0) is 55.5 Å². The number of nitrogens with one attached hydrogen (secondary N) is 2. The monoisotopic (exact) mass is 474 g/mol. The van der Waals surface area contributed by atoms with Gasteiger partial charge in [-0.3, -0.25) is 4.79 Å². The topological polar surface area (TPSA) is 57.3 Å². The maximum atomic E-state index is 11.3. The molecule has 0 bridgehead atoms. The smallest absolute Gasteiger partial charge is 0.217 e. The Hall–Kier alpha value is -2.50. The van der Waals surface area contributed by atoms with E-state index in [2.05, 4.69) is 71.1 Å². The van der Waals surface area contributed by atoms with Gasteiger partial charge in [0, 0.05) is 43.7 Å². The zero-order valence-corrected chi connectivity index (χ0v) is 20.2. The zero-order chi connectivity index (χ0) is 20.9. The van der Waals surface area contributed by atoms with Crippen molar-refractivity contribution in [3.63, 3.8) is 0 Å².